The number of imide groups is 1. The minimum Gasteiger partial charge on any atom is -0.431 e. The van der Waals surface area contributed by atoms with Gasteiger partial charge >= 0.3 is 12.1 Å². The van der Waals surface area contributed by atoms with Crippen molar-refractivity contribution in [3.8, 4) is 0 Å². The summed E-state index contributed by atoms with van der Waals surface area (Å²) in [6.07, 6.45) is 1.08. The number of hydrogen-bond donors (Lipinski definition) is 6. The molecule has 3 aliphatic heterocycles. The summed E-state index contributed by atoms with van der Waals surface area (Å²) in [4.78, 5) is 192. The standard InChI is InChI=1S/C83H126N12O18S.C4H10/c1-14-55(8)76(68(110-13)50-73(104)94-35-19-23-64(94)63(51-96)56(9)65(97)48-60(79-86-34-45-114-79)46-57-20-16-15-17-21-57)91(11)80(106)62(52(2)3)49-67(99)75(54(6)7)92(12)83(109)113-77(81(107)93-39-37-90(10)38-40-93)58-24-26-61(27-25-58)88-78(105)59(22-18-32-87-82(84)108)47-66(98)74(53(4)5)89-70(101)31-41-111-43-44-112-42-33-85-69(100)30-36-95-71(102)28-29-72(95)103;1-4(2)3/h15-17,20-21,24-27,34,45,52-56,59-60,62-64,68,74-77,96H,14,18-19,22-23,28-33,35-44,46-51H2,1-13H3,(H,85,100)(H,88,105)(H,89,101)(H3,84,87,108);4H,1-3H3/t55-,56+,59+,60+,62-,63+,64-,68+,74-,75-,76-,77?;/m0./s1. The lowest BCUT2D eigenvalue weighted by molar-refractivity contribution is -0.148. The van der Waals surface area contributed by atoms with Crippen LogP contribution in [0, 0.1) is 53.3 Å². The van der Waals surface area contributed by atoms with E-state index in [0.29, 0.717) is 58.4 Å². The van der Waals surface area contributed by atoms with Gasteiger partial charge in [-0.05, 0) is 86.4 Å². The first-order valence-corrected chi connectivity index (χ1v) is 43.0. The Morgan fingerprint density at radius 3 is 1.93 bits per heavy atom. The SMILES string of the molecule is CC(C)C.CC[C@H](C)[C@@H]([C@@H](CC(=O)N1CCC[C@H]1[C@H](CO)[C@@H](C)C(=O)C[C@@H](Cc1ccccc1)c1nccs1)OC)N(C)C(=O)[C@@H](CC(=O)[C@H](C(C)C)N(C)C(=O)OC(C(=O)N1CCN(C)CC1)c1ccc(NC(=O)[C@H](CCCNC(N)=O)CC(=O)[C@@H](NC(=O)CCOCCOCCNC(=O)CCN2C(=O)CCC2=O)C(C)C)cc1)C(C)C. The second-order valence-corrected chi connectivity index (χ2v) is 34.2. The number of amides is 11. The third-order valence-corrected chi connectivity index (χ3v) is 23.3. The van der Waals surface area contributed by atoms with Gasteiger partial charge in [-0.25, -0.2) is 14.6 Å². The fraction of sp³-hybridized carbons (Fsp3) is 0.678. The Kier molecular flexibility index (Phi) is 43.3. The molecule has 0 aliphatic carbocycles. The minimum absolute atomic E-state index is 0.00439. The molecule has 3 aromatic rings. The maximum Gasteiger partial charge on any atom is 0.411 e. The number of carbonyl (C=O) groups is 13. The average molecular weight is 1670 g/mol. The molecule has 3 fully saturated rings. The normalized spacial score (nSPS) is 17.3. The van der Waals surface area contributed by atoms with Crippen LogP contribution in [-0.4, -0.2) is 260 Å². The number of aliphatic hydroxyl groups excluding tert-OH is 1. The van der Waals surface area contributed by atoms with Crippen LogP contribution in [0.15, 0.2) is 66.2 Å². The number of likely N-dealkylation sites (tertiary alicyclic amines) is 2. The zero-order valence-corrected chi connectivity index (χ0v) is 73.5. The lowest BCUT2D eigenvalue weighted by Gasteiger charge is -2.41. The van der Waals surface area contributed by atoms with Crippen LogP contribution in [0.25, 0.3) is 0 Å². The number of anilines is 1. The molecule has 3 aliphatic rings. The maximum atomic E-state index is 15.2. The number of urea groups is 1. The number of benzene rings is 2. The number of aliphatic hydroxyl groups is 1. The number of aromatic nitrogens is 1. The molecule has 2 aromatic carbocycles. The van der Waals surface area contributed by atoms with Gasteiger partial charge in [-0.3, -0.25) is 57.6 Å². The molecule has 0 saturated carbocycles. The quantitative estimate of drug-likeness (QED) is 0.0227. The number of ether oxygens (including phenoxy) is 4. The van der Waals surface area contributed by atoms with Gasteiger partial charge in [-0.2, -0.15) is 0 Å². The Labute approximate surface area is 702 Å². The number of nitrogens with one attached hydrogen (secondary N) is 4. The summed E-state index contributed by atoms with van der Waals surface area (Å²) in [5, 5.41) is 24.6. The third kappa shape index (κ3) is 31.8. The third-order valence-electron chi connectivity index (χ3n) is 22.4. The van der Waals surface area contributed by atoms with Crippen LogP contribution >= 0.6 is 11.3 Å². The van der Waals surface area contributed by atoms with E-state index in [4.69, 9.17) is 24.7 Å². The zero-order valence-electron chi connectivity index (χ0n) is 72.7. The summed E-state index contributed by atoms with van der Waals surface area (Å²) < 4.78 is 23.5. The van der Waals surface area contributed by atoms with Crippen molar-refractivity contribution in [2.24, 2.45) is 59.0 Å². The van der Waals surface area contributed by atoms with Gasteiger partial charge in [-0.1, -0.05) is 132 Å². The number of rotatable bonds is 49. The predicted molar refractivity (Wildman–Crippen MR) is 450 cm³/mol. The monoisotopic (exact) mass is 1670 g/mol. The Morgan fingerprint density at radius 2 is 1.36 bits per heavy atom. The summed E-state index contributed by atoms with van der Waals surface area (Å²) in [7, 11) is 6.52. The van der Waals surface area contributed by atoms with Gasteiger partial charge < -0.3 is 75.6 Å². The molecule has 31 heteroatoms. The van der Waals surface area contributed by atoms with Gasteiger partial charge in [0, 0.05) is 184 Å². The molecule has 11 amide bonds. The number of likely N-dealkylation sites (N-methyl/N-ethyl adjacent to an activating group) is 3. The average Bonchev–Trinajstić information content (AvgIpc) is 1.51. The molecule has 118 heavy (non-hydrogen) atoms. The van der Waals surface area contributed by atoms with Gasteiger partial charge in [0.15, 0.2) is 11.6 Å². The Hall–Kier alpha value is -8.62. The molecule has 0 radical (unpaired) electrons. The van der Waals surface area contributed by atoms with E-state index >= 15 is 9.59 Å². The number of thiazole rings is 1. The predicted octanol–water partition coefficient (Wildman–Crippen LogP) is 8.63. The van der Waals surface area contributed by atoms with Crippen molar-refractivity contribution in [2.45, 2.75) is 215 Å². The van der Waals surface area contributed by atoms with Crippen molar-refractivity contribution in [3.63, 3.8) is 0 Å². The van der Waals surface area contributed by atoms with Crippen LogP contribution < -0.4 is 27.0 Å². The van der Waals surface area contributed by atoms with Crippen molar-refractivity contribution in [3.05, 3.63) is 82.3 Å². The Morgan fingerprint density at radius 1 is 0.712 bits per heavy atom. The summed E-state index contributed by atoms with van der Waals surface area (Å²) in [5.41, 5.74) is 6.93. The second kappa shape index (κ2) is 51.1. The topological polar surface area (TPSA) is 386 Å². The lowest BCUT2D eigenvalue weighted by atomic mass is 9.80. The van der Waals surface area contributed by atoms with Crippen molar-refractivity contribution in [1.29, 1.82) is 0 Å². The van der Waals surface area contributed by atoms with Crippen LogP contribution in [0.3, 0.4) is 0 Å². The number of hydrogen-bond acceptors (Lipinski definition) is 21. The molecular formula is C87H136N12O18S. The number of ketones is 3. The molecule has 30 nitrogen and oxygen atoms in total. The van der Waals surface area contributed by atoms with Crippen LogP contribution in [-0.2, 0) is 78.1 Å². The van der Waals surface area contributed by atoms with E-state index in [-0.39, 0.29) is 187 Å². The van der Waals surface area contributed by atoms with E-state index in [2.05, 4.69) is 51.9 Å². The van der Waals surface area contributed by atoms with Crippen LogP contribution in [0.4, 0.5) is 15.3 Å². The largest absolute Gasteiger partial charge is 0.431 e. The highest BCUT2D eigenvalue weighted by Crippen LogP contribution is 2.36. The number of primary amides is 1. The number of nitrogens with two attached hydrogens (primary N) is 1. The number of nitrogens with zero attached hydrogens (tertiary/aromatic N) is 7. The minimum atomic E-state index is -1.53. The molecule has 0 spiro atoms. The maximum absolute atomic E-state index is 15.2. The zero-order chi connectivity index (χ0) is 87.5. The van der Waals surface area contributed by atoms with E-state index in [1.807, 2.05) is 77.4 Å². The molecule has 4 heterocycles. The highest BCUT2D eigenvalue weighted by molar-refractivity contribution is 7.09. The molecule has 7 N–H and O–H groups in total. The smallest absolute Gasteiger partial charge is 0.411 e. The van der Waals surface area contributed by atoms with Crippen molar-refractivity contribution in [1.82, 2.24) is 50.3 Å². The molecule has 3 saturated heterocycles. The van der Waals surface area contributed by atoms with Crippen LogP contribution in [0.2, 0.25) is 0 Å². The van der Waals surface area contributed by atoms with E-state index in [1.165, 1.54) is 49.8 Å². The molecule has 1 aromatic heterocycles. The van der Waals surface area contributed by atoms with E-state index < -0.39 is 107 Å². The van der Waals surface area contributed by atoms with E-state index in [9.17, 15) is 57.8 Å². The molecule has 1 unspecified atom stereocenters. The summed E-state index contributed by atoms with van der Waals surface area (Å²) in [6.45, 7) is 25.7. The van der Waals surface area contributed by atoms with Crippen LogP contribution in [0.5, 0.6) is 0 Å². The summed E-state index contributed by atoms with van der Waals surface area (Å²) in [5.74, 6) is -7.63. The molecule has 658 valence electrons. The van der Waals surface area contributed by atoms with E-state index in [1.54, 1.807) is 55.6 Å². The van der Waals surface area contributed by atoms with Crippen molar-refractivity contribution < 1.29 is 86.4 Å². The molecule has 12 atom stereocenters. The van der Waals surface area contributed by atoms with Gasteiger partial charge in [0.05, 0.1) is 62.1 Å². The number of piperazine rings is 1. The summed E-state index contributed by atoms with van der Waals surface area (Å²) >= 11 is 1.51. The molecule has 6 rings (SSSR count). The fourth-order valence-corrected chi connectivity index (χ4v) is 16.2. The first kappa shape index (κ1) is 99.9. The van der Waals surface area contributed by atoms with Gasteiger partial charge in [0.1, 0.15) is 5.78 Å². The van der Waals surface area contributed by atoms with Crippen LogP contribution in [0.1, 0.15) is 195 Å². The number of methoxy groups -OCH3 is 1. The Balaban J connectivity index is 0.00000605. The van der Waals surface area contributed by atoms with Gasteiger partial charge in [0.2, 0.25) is 47.5 Å². The molecular weight excluding hydrogens is 1530 g/mol. The van der Waals surface area contributed by atoms with Crippen molar-refractivity contribution >= 4 is 93.8 Å². The first-order chi connectivity index (χ1) is 56.0. The summed E-state index contributed by atoms with van der Waals surface area (Å²) in [6, 6.07) is 12.1. The highest BCUT2D eigenvalue weighted by Gasteiger charge is 2.45. The van der Waals surface area contributed by atoms with E-state index in [0.717, 1.165) is 26.3 Å². The Bertz CT molecular complexity index is 3670. The van der Waals surface area contributed by atoms with Crippen molar-refractivity contribution in [2.75, 3.05) is 119 Å². The number of Topliss-reactive ketones (excluding diaryl/α,β-unsaturated/α-hetero) is 3. The van der Waals surface area contributed by atoms with Gasteiger partial charge in [0.25, 0.3) is 5.91 Å². The second-order valence-electron chi connectivity index (χ2n) is 33.3. The highest BCUT2D eigenvalue weighted by atomic mass is 32.1. The fourth-order valence-electron chi connectivity index (χ4n) is 15.5. The first-order valence-electron chi connectivity index (χ1n) is 42.1. The lowest BCUT2D eigenvalue weighted by Crippen LogP contribution is -2.54. The van der Waals surface area contributed by atoms with Gasteiger partial charge in [-0.15, -0.1) is 11.3 Å². The number of carbonyl (C=O) groups excluding carboxylic acids is 13. The molecule has 0 bridgehead atoms.